The van der Waals surface area contributed by atoms with Crippen LogP contribution in [0.15, 0.2) is 0 Å². The van der Waals surface area contributed by atoms with Crippen molar-refractivity contribution in [2.75, 3.05) is 4.90 Å². The molecule has 0 fully saturated rings. The van der Waals surface area contributed by atoms with E-state index < -0.39 is 17.7 Å². The first-order valence-corrected chi connectivity index (χ1v) is 6.39. The van der Waals surface area contributed by atoms with Crippen molar-refractivity contribution in [3.63, 3.8) is 0 Å². The summed E-state index contributed by atoms with van der Waals surface area (Å²) in [5.74, 6) is -1.32. The van der Waals surface area contributed by atoms with Gasteiger partial charge in [-0.05, 0) is 34.1 Å². The van der Waals surface area contributed by atoms with Crippen LogP contribution in [0.25, 0.3) is 0 Å². The van der Waals surface area contributed by atoms with Gasteiger partial charge >= 0.3 is 12.1 Å². The molecule has 2 heterocycles. The lowest BCUT2D eigenvalue weighted by Crippen LogP contribution is -2.46. The van der Waals surface area contributed by atoms with E-state index >= 15 is 0 Å². The van der Waals surface area contributed by atoms with Crippen LogP contribution >= 0.6 is 0 Å². The van der Waals surface area contributed by atoms with E-state index in [9.17, 15) is 9.59 Å². The monoisotopic (exact) mass is 282 g/mol. The first kappa shape index (κ1) is 14.3. The fraction of sp³-hybridized carbons (Fsp3) is 0.667. The fourth-order valence-corrected chi connectivity index (χ4v) is 1.96. The zero-order valence-corrected chi connectivity index (χ0v) is 12.0. The maximum absolute atomic E-state index is 12.2. The van der Waals surface area contributed by atoms with Crippen LogP contribution in [0.4, 0.5) is 10.7 Å². The van der Waals surface area contributed by atoms with Crippen LogP contribution in [0.3, 0.4) is 0 Å². The van der Waals surface area contributed by atoms with Crippen LogP contribution in [0.2, 0.25) is 0 Å². The third kappa shape index (κ3) is 2.73. The Morgan fingerprint density at radius 2 is 2.05 bits per heavy atom. The number of carbonyl (C=O) groups is 2. The number of nitrogens with zero attached hydrogens (tertiary/aromatic N) is 4. The maximum atomic E-state index is 12.2. The number of hydrogen-bond acceptors (Lipinski definition) is 5. The Kier molecular flexibility index (Phi) is 3.41. The molecule has 1 aromatic heterocycles. The molecule has 0 aliphatic carbocycles. The average Bonchev–Trinajstić information content (AvgIpc) is 2.69. The van der Waals surface area contributed by atoms with Crippen LogP contribution in [0.1, 0.15) is 44.7 Å². The number of aryl methyl sites for hydroxylation is 1. The predicted molar refractivity (Wildman–Crippen MR) is 69.8 cm³/mol. The van der Waals surface area contributed by atoms with Crippen LogP contribution in [-0.4, -0.2) is 43.6 Å². The largest absolute Gasteiger partial charge is 0.475 e. The van der Waals surface area contributed by atoms with Crippen molar-refractivity contribution < 1.29 is 19.4 Å². The summed E-state index contributed by atoms with van der Waals surface area (Å²) >= 11 is 0. The van der Waals surface area contributed by atoms with Gasteiger partial charge in [-0.3, -0.25) is 0 Å². The average molecular weight is 282 g/mol. The standard InChI is InChI=1S/C12H18N4O4/c1-7-5-6-15-10(13-8(14-15)9(17)18)16(7)11(19)20-12(2,3)4/h7H,5-6H2,1-4H3,(H,17,18). The quantitative estimate of drug-likeness (QED) is 0.838. The third-order valence-electron chi connectivity index (χ3n) is 2.85. The van der Waals surface area contributed by atoms with Crippen molar-refractivity contribution in [3.05, 3.63) is 5.82 Å². The molecule has 1 N–H and O–H groups in total. The minimum Gasteiger partial charge on any atom is -0.475 e. The number of carboxylic acids is 1. The number of ether oxygens (including phenoxy) is 1. The van der Waals surface area contributed by atoms with Gasteiger partial charge in [-0.2, -0.15) is 4.98 Å². The van der Waals surface area contributed by atoms with E-state index in [1.54, 1.807) is 20.8 Å². The molecule has 8 heteroatoms. The molecule has 0 radical (unpaired) electrons. The van der Waals surface area contributed by atoms with Crippen LogP contribution < -0.4 is 4.90 Å². The van der Waals surface area contributed by atoms with E-state index in [4.69, 9.17) is 9.84 Å². The van der Waals surface area contributed by atoms with Crippen molar-refractivity contribution in [1.82, 2.24) is 14.8 Å². The maximum Gasteiger partial charge on any atom is 0.417 e. The molecule has 1 aliphatic heterocycles. The zero-order chi connectivity index (χ0) is 15.1. The summed E-state index contributed by atoms with van der Waals surface area (Å²) in [6.07, 6.45) is 0.115. The molecule has 0 aromatic carbocycles. The molecule has 8 nitrogen and oxygen atoms in total. The number of carbonyl (C=O) groups excluding carboxylic acids is 1. The van der Waals surface area contributed by atoms with E-state index in [1.165, 1.54) is 9.58 Å². The van der Waals surface area contributed by atoms with Gasteiger partial charge in [-0.15, -0.1) is 5.10 Å². The number of amides is 1. The normalized spacial score (nSPS) is 18.6. The molecule has 110 valence electrons. The van der Waals surface area contributed by atoms with Crippen molar-refractivity contribution in [3.8, 4) is 0 Å². The van der Waals surface area contributed by atoms with E-state index in [1.807, 2.05) is 6.92 Å². The number of aromatic nitrogens is 3. The lowest BCUT2D eigenvalue weighted by atomic mass is 10.2. The molecule has 1 atom stereocenters. The molecule has 2 rings (SSSR count). The number of hydrogen-bond donors (Lipinski definition) is 1. The van der Waals surface area contributed by atoms with Crippen LogP contribution in [0.5, 0.6) is 0 Å². The van der Waals surface area contributed by atoms with Crippen LogP contribution in [-0.2, 0) is 11.3 Å². The summed E-state index contributed by atoms with van der Waals surface area (Å²) in [7, 11) is 0. The molecule has 0 saturated heterocycles. The van der Waals surface area contributed by atoms with Gasteiger partial charge < -0.3 is 9.84 Å². The van der Waals surface area contributed by atoms with Gasteiger partial charge in [0.2, 0.25) is 5.95 Å². The lowest BCUT2D eigenvalue weighted by Gasteiger charge is -2.33. The minimum absolute atomic E-state index is 0.122. The Bertz CT molecular complexity index is 546. The molecule has 1 aliphatic rings. The highest BCUT2D eigenvalue weighted by Gasteiger charge is 2.35. The van der Waals surface area contributed by atoms with Gasteiger partial charge in [0.05, 0.1) is 0 Å². The number of carboxylic acid groups (broad SMARTS) is 1. The number of aromatic carboxylic acids is 1. The smallest absolute Gasteiger partial charge is 0.417 e. The number of rotatable bonds is 1. The molecule has 0 bridgehead atoms. The molecule has 0 saturated carbocycles. The molecular formula is C12H18N4O4. The second-order valence-corrected chi connectivity index (χ2v) is 5.75. The van der Waals surface area contributed by atoms with Gasteiger partial charge in [0, 0.05) is 12.6 Å². The Hall–Kier alpha value is -2.12. The number of anilines is 1. The van der Waals surface area contributed by atoms with Gasteiger partial charge in [-0.25, -0.2) is 19.2 Å². The minimum atomic E-state index is -1.22. The van der Waals surface area contributed by atoms with Crippen molar-refractivity contribution >= 4 is 18.0 Å². The first-order chi connectivity index (χ1) is 9.19. The second kappa shape index (κ2) is 4.77. The van der Waals surface area contributed by atoms with Crippen molar-refractivity contribution in [2.24, 2.45) is 0 Å². The summed E-state index contributed by atoms with van der Waals surface area (Å²) in [5, 5.41) is 12.8. The summed E-state index contributed by atoms with van der Waals surface area (Å²) in [6, 6.07) is -0.122. The van der Waals surface area contributed by atoms with Crippen molar-refractivity contribution in [2.45, 2.75) is 52.3 Å². The molecule has 1 unspecified atom stereocenters. The second-order valence-electron chi connectivity index (χ2n) is 5.75. The Labute approximate surface area is 116 Å². The topological polar surface area (TPSA) is 97.5 Å². The fourth-order valence-electron chi connectivity index (χ4n) is 1.96. The van der Waals surface area contributed by atoms with Gasteiger partial charge in [0.25, 0.3) is 5.82 Å². The van der Waals surface area contributed by atoms with E-state index in [2.05, 4.69) is 10.1 Å². The molecule has 1 aromatic rings. The van der Waals surface area contributed by atoms with Gasteiger partial charge in [0.1, 0.15) is 5.60 Å². The first-order valence-electron chi connectivity index (χ1n) is 6.39. The van der Waals surface area contributed by atoms with E-state index in [0.29, 0.717) is 13.0 Å². The van der Waals surface area contributed by atoms with E-state index in [-0.39, 0.29) is 17.8 Å². The lowest BCUT2D eigenvalue weighted by molar-refractivity contribution is 0.0554. The highest BCUT2D eigenvalue weighted by atomic mass is 16.6. The van der Waals surface area contributed by atoms with Crippen molar-refractivity contribution in [1.29, 1.82) is 0 Å². The SMILES string of the molecule is CC1CCn2nc(C(=O)O)nc2N1C(=O)OC(C)(C)C. The third-order valence-corrected chi connectivity index (χ3v) is 2.85. The van der Waals surface area contributed by atoms with Gasteiger partial charge in [0.15, 0.2) is 0 Å². The summed E-state index contributed by atoms with van der Waals surface area (Å²) in [4.78, 5) is 28.4. The Morgan fingerprint density at radius 3 is 2.60 bits per heavy atom. The molecule has 0 spiro atoms. The van der Waals surface area contributed by atoms with Crippen LogP contribution in [0, 0.1) is 0 Å². The predicted octanol–water partition coefficient (Wildman–Crippen LogP) is 1.51. The summed E-state index contributed by atoms with van der Waals surface area (Å²) in [5.41, 5.74) is -0.630. The summed E-state index contributed by atoms with van der Waals surface area (Å²) in [6.45, 7) is 7.70. The number of fused-ring (bicyclic) bond motifs is 1. The highest BCUT2D eigenvalue weighted by Crippen LogP contribution is 2.25. The molecule has 20 heavy (non-hydrogen) atoms. The molecule has 1 amide bonds. The summed E-state index contributed by atoms with van der Waals surface area (Å²) < 4.78 is 6.76. The molecular weight excluding hydrogens is 264 g/mol. The van der Waals surface area contributed by atoms with E-state index in [0.717, 1.165) is 0 Å². The Balaban J connectivity index is 2.34. The zero-order valence-electron chi connectivity index (χ0n) is 12.0. The van der Waals surface area contributed by atoms with Gasteiger partial charge in [-0.1, -0.05) is 0 Å². The highest BCUT2D eigenvalue weighted by molar-refractivity contribution is 5.88. The Morgan fingerprint density at radius 1 is 1.40 bits per heavy atom.